The van der Waals surface area contributed by atoms with Crippen molar-refractivity contribution >= 4 is 36.4 Å². The molecule has 1 aliphatic heterocycles. The molecule has 140 valence electrons. The molecule has 3 N–H and O–H groups in total. The summed E-state index contributed by atoms with van der Waals surface area (Å²) in [5.41, 5.74) is 6.61. The Hall–Kier alpha value is -0.980. The molecule has 1 aromatic heterocycles. The van der Waals surface area contributed by atoms with Crippen LogP contribution in [0.15, 0.2) is 12.4 Å². The second-order valence-corrected chi connectivity index (χ2v) is 6.18. The number of carbonyl (C=O) groups is 1. The van der Waals surface area contributed by atoms with E-state index < -0.39 is 0 Å². The Balaban J connectivity index is 0.00000264. The molecular weight excluding hydrogens is 349 g/mol. The summed E-state index contributed by atoms with van der Waals surface area (Å²) >= 11 is 0. The van der Waals surface area contributed by atoms with Gasteiger partial charge in [0.15, 0.2) is 0 Å². The fourth-order valence-electron chi connectivity index (χ4n) is 2.98. The van der Waals surface area contributed by atoms with Crippen molar-refractivity contribution in [2.75, 3.05) is 24.5 Å². The number of hydrogen-bond acceptors (Lipinski definition) is 4. The zero-order chi connectivity index (χ0) is 15.8. The van der Waals surface area contributed by atoms with E-state index in [0.717, 1.165) is 63.8 Å². The molecule has 1 unspecified atom stereocenters. The first-order valence-electron chi connectivity index (χ1n) is 8.42. The highest BCUT2D eigenvalue weighted by atomic mass is 35.5. The Kier molecular flexibility index (Phi) is 11.9. The molecule has 1 fully saturated rings. The summed E-state index contributed by atoms with van der Waals surface area (Å²) < 4.78 is 1.82. The van der Waals surface area contributed by atoms with Crippen LogP contribution < -0.4 is 16.0 Å². The number of aromatic nitrogens is 2. The number of carbonyl (C=O) groups excluding carboxylic acids is 1. The zero-order valence-corrected chi connectivity index (χ0v) is 16.1. The van der Waals surface area contributed by atoms with Crippen molar-refractivity contribution in [2.24, 2.45) is 12.8 Å². The molecule has 1 saturated heterocycles. The highest BCUT2D eigenvalue weighted by Gasteiger charge is 2.22. The normalized spacial score (nSPS) is 16.9. The third kappa shape index (κ3) is 7.73. The lowest BCUT2D eigenvalue weighted by Crippen LogP contribution is -2.47. The second kappa shape index (κ2) is 12.4. The van der Waals surface area contributed by atoms with Crippen LogP contribution in [0.4, 0.5) is 5.69 Å². The molecule has 6 nitrogen and oxygen atoms in total. The smallest absolute Gasteiger partial charge is 0.220 e. The molecule has 0 saturated carbocycles. The quantitative estimate of drug-likeness (QED) is 0.679. The van der Waals surface area contributed by atoms with Gasteiger partial charge in [0.05, 0.1) is 11.9 Å². The summed E-state index contributed by atoms with van der Waals surface area (Å²) in [6, 6.07) is 0.255. The third-order valence-electron chi connectivity index (χ3n) is 4.20. The number of nitrogens with one attached hydrogen (secondary N) is 1. The van der Waals surface area contributed by atoms with Crippen molar-refractivity contribution in [1.82, 2.24) is 15.1 Å². The monoisotopic (exact) mass is 379 g/mol. The maximum absolute atomic E-state index is 12.0. The van der Waals surface area contributed by atoms with Gasteiger partial charge in [-0.05, 0) is 32.2 Å². The van der Waals surface area contributed by atoms with E-state index in [4.69, 9.17) is 5.73 Å². The number of aryl methyl sites for hydroxylation is 1. The first-order valence-corrected chi connectivity index (χ1v) is 8.42. The van der Waals surface area contributed by atoms with Gasteiger partial charge in [-0.25, -0.2) is 0 Å². The topological polar surface area (TPSA) is 76.2 Å². The van der Waals surface area contributed by atoms with Gasteiger partial charge in [-0.15, -0.1) is 24.8 Å². The van der Waals surface area contributed by atoms with E-state index in [1.165, 1.54) is 0 Å². The highest BCUT2D eigenvalue weighted by molar-refractivity contribution is 5.85. The summed E-state index contributed by atoms with van der Waals surface area (Å²) in [5, 5.41) is 7.41. The van der Waals surface area contributed by atoms with E-state index in [1.807, 2.05) is 24.1 Å². The van der Waals surface area contributed by atoms with Crippen LogP contribution in [0.2, 0.25) is 0 Å². The van der Waals surface area contributed by atoms with E-state index >= 15 is 0 Å². The summed E-state index contributed by atoms with van der Waals surface area (Å²) in [6.07, 6.45) is 11.0. The molecule has 0 spiro atoms. The van der Waals surface area contributed by atoms with E-state index in [9.17, 15) is 4.79 Å². The van der Waals surface area contributed by atoms with E-state index in [-0.39, 0.29) is 36.8 Å². The molecule has 2 heterocycles. The maximum atomic E-state index is 12.0. The van der Waals surface area contributed by atoms with Crippen LogP contribution in [0, 0.1) is 0 Å². The molecule has 2 rings (SSSR count). The molecule has 1 amide bonds. The number of nitrogens with two attached hydrogens (primary N) is 1. The fraction of sp³-hybridized carbons (Fsp3) is 0.750. The lowest BCUT2D eigenvalue weighted by molar-refractivity contribution is -0.122. The molecule has 0 bridgehead atoms. The number of halogens is 2. The third-order valence-corrected chi connectivity index (χ3v) is 4.20. The van der Waals surface area contributed by atoms with Crippen LogP contribution >= 0.6 is 24.8 Å². The molecular formula is C16H31Cl2N5O. The SMILES string of the molecule is Cl.Cl.Cn1cc(N2CCCC(NC(=O)CCCCCCN)C2)cn1. The molecule has 1 atom stereocenters. The summed E-state index contributed by atoms with van der Waals surface area (Å²) in [5.74, 6) is 0.186. The van der Waals surface area contributed by atoms with Gasteiger partial charge in [0.1, 0.15) is 0 Å². The van der Waals surface area contributed by atoms with Crippen LogP contribution in [-0.2, 0) is 11.8 Å². The van der Waals surface area contributed by atoms with E-state index in [2.05, 4.69) is 15.3 Å². The zero-order valence-electron chi connectivity index (χ0n) is 14.4. The number of nitrogens with zero attached hydrogens (tertiary/aromatic N) is 3. The van der Waals surface area contributed by atoms with Gasteiger partial charge in [-0.2, -0.15) is 5.10 Å². The van der Waals surface area contributed by atoms with Crippen molar-refractivity contribution in [1.29, 1.82) is 0 Å². The average Bonchev–Trinajstić information content (AvgIpc) is 2.94. The Morgan fingerprint density at radius 3 is 2.75 bits per heavy atom. The number of amides is 1. The Morgan fingerprint density at radius 2 is 2.08 bits per heavy atom. The highest BCUT2D eigenvalue weighted by Crippen LogP contribution is 2.19. The maximum Gasteiger partial charge on any atom is 0.220 e. The predicted octanol–water partition coefficient (Wildman–Crippen LogP) is 2.26. The largest absolute Gasteiger partial charge is 0.367 e. The van der Waals surface area contributed by atoms with E-state index in [0.29, 0.717) is 6.42 Å². The van der Waals surface area contributed by atoms with Gasteiger partial charge in [0.25, 0.3) is 0 Å². The standard InChI is InChI=1S/C16H29N5O.2ClH/c1-20-13-15(11-18-20)21-10-6-7-14(12-21)19-16(22)8-4-2-3-5-9-17;;/h11,13-14H,2-10,12,17H2,1H3,(H,19,22);2*1H. The van der Waals surface area contributed by atoms with Crippen LogP contribution in [0.1, 0.15) is 44.9 Å². The summed E-state index contributed by atoms with van der Waals surface area (Å²) in [7, 11) is 1.93. The van der Waals surface area contributed by atoms with Gasteiger partial charge < -0.3 is 16.0 Å². The number of rotatable bonds is 8. The van der Waals surface area contributed by atoms with E-state index in [1.54, 1.807) is 0 Å². The van der Waals surface area contributed by atoms with Crippen LogP contribution in [0.5, 0.6) is 0 Å². The van der Waals surface area contributed by atoms with Crippen molar-refractivity contribution in [3.05, 3.63) is 12.4 Å². The summed E-state index contributed by atoms with van der Waals surface area (Å²) in [4.78, 5) is 14.3. The minimum atomic E-state index is 0. The molecule has 8 heteroatoms. The van der Waals surface area contributed by atoms with Gasteiger partial charge in [-0.1, -0.05) is 12.8 Å². The van der Waals surface area contributed by atoms with Gasteiger partial charge in [0.2, 0.25) is 5.91 Å². The molecule has 0 aliphatic carbocycles. The molecule has 0 aromatic carbocycles. The Labute approximate surface area is 157 Å². The molecule has 24 heavy (non-hydrogen) atoms. The van der Waals surface area contributed by atoms with Gasteiger partial charge in [-0.3, -0.25) is 9.48 Å². The van der Waals surface area contributed by atoms with Crippen LogP contribution in [-0.4, -0.2) is 41.4 Å². The molecule has 0 radical (unpaired) electrons. The van der Waals surface area contributed by atoms with Crippen molar-refractivity contribution in [3.63, 3.8) is 0 Å². The number of unbranched alkanes of at least 4 members (excludes halogenated alkanes) is 3. The molecule has 1 aliphatic rings. The summed E-state index contributed by atoms with van der Waals surface area (Å²) in [6.45, 7) is 2.67. The minimum absolute atomic E-state index is 0. The van der Waals surface area contributed by atoms with Crippen LogP contribution in [0.3, 0.4) is 0 Å². The number of hydrogen-bond donors (Lipinski definition) is 2. The van der Waals surface area contributed by atoms with Gasteiger partial charge >= 0.3 is 0 Å². The fourth-order valence-corrected chi connectivity index (χ4v) is 2.98. The Bertz CT molecular complexity index is 469. The Morgan fingerprint density at radius 1 is 1.33 bits per heavy atom. The van der Waals surface area contributed by atoms with Crippen molar-refractivity contribution < 1.29 is 4.79 Å². The number of anilines is 1. The first-order chi connectivity index (χ1) is 10.7. The minimum Gasteiger partial charge on any atom is -0.367 e. The molecule has 1 aromatic rings. The first kappa shape index (κ1) is 23.0. The lowest BCUT2D eigenvalue weighted by Gasteiger charge is -2.33. The van der Waals surface area contributed by atoms with Gasteiger partial charge in [0, 0.05) is 38.8 Å². The van der Waals surface area contributed by atoms with Crippen molar-refractivity contribution in [3.8, 4) is 0 Å². The van der Waals surface area contributed by atoms with Crippen LogP contribution in [0.25, 0.3) is 0 Å². The average molecular weight is 380 g/mol. The van der Waals surface area contributed by atoms with Crippen molar-refractivity contribution in [2.45, 2.75) is 51.0 Å². The second-order valence-electron chi connectivity index (χ2n) is 6.18. The lowest BCUT2D eigenvalue weighted by atomic mass is 10.0. The predicted molar refractivity (Wildman–Crippen MR) is 103 cm³/mol. The number of piperidine rings is 1.